The fourth-order valence-corrected chi connectivity index (χ4v) is 2.66. The van der Waals surface area contributed by atoms with Crippen molar-refractivity contribution in [3.8, 4) is 5.75 Å². The van der Waals surface area contributed by atoms with E-state index >= 15 is 0 Å². The number of nitrogens with one attached hydrogen (secondary N) is 1. The van der Waals surface area contributed by atoms with Crippen LogP contribution in [0.5, 0.6) is 5.75 Å². The van der Waals surface area contributed by atoms with E-state index in [1.807, 2.05) is 13.8 Å². The standard InChI is InChI=1S/C15H15ClN2O4S/c1-8(2)22-12-4-3-9(16)5-10(12)14(19)17-6-13-18-11(7-23-13)15(20)21/h3-5,7-8H,6H2,1-2H3,(H,17,19)(H,20,21). The Kier molecular flexibility index (Phi) is 5.57. The van der Waals surface area contributed by atoms with Gasteiger partial charge in [0.05, 0.1) is 18.2 Å². The molecule has 0 unspecified atom stereocenters. The third-order valence-electron chi connectivity index (χ3n) is 2.72. The highest BCUT2D eigenvalue weighted by atomic mass is 35.5. The van der Waals surface area contributed by atoms with Gasteiger partial charge in [0.15, 0.2) is 5.69 Å². The van der Waals surface area contributed by atoms with E-state index in [4.69, 9.17) is 21.4 Å². The summed E-state index contributed by atoms with van der Waals surface area (Å²) in [5, 5.41) is 13.9. The number of carboxylic acid groups (broad SMARTS) is 1. The van der Waals surface area contributed by atoms with Crippen molar-refractivity contribution >= 4 is 34.8 Å². The lowest BCUT2D eigenvalue weighted by Crippen LogP contribution is -2.24. The predicted molar refractivity (Wildman–Crippen MR) is 87.5 cm³/mol. The summed E-state index contributed by atoms with van der Waals surface area (Å²) in [7, 11) is 0. The Labute approximate surface area is 142 Å². The molecular weight excluding hydrogens is 340 g/mol. The molecule has 1 aromatic heterocycles. The molecule has 0 aliphatic heterocycles. The molecule has 2 N–H and O–H groups in total. The van der Waals surface area contributed by atoms with E-state index in [0.717, 1.165) is 0 Å². The molecule has 0 saturated carbocycles. The fraction of sp³-hybridized carbons (Fsp3) is 0.267. The monoisotopic (exact) mass is 354 g/mol. The highest BCUT2D eigenvalue weighted by Gasteiger charge is 2.15. The van der Waals surface area contributed by atoms with Gasteiger partial charge < -0.3 is 15.2 Å². The summed E-state index contributed by atoms with van der Waals surface area (Å²) in [5.41, 5.74) is 0.284. The van der Waals surface area contributed by atoms with Crippen molar-refractivity contribution in [2.45, 2.75) is 26.5 Å². The SMILES string of the molecule is CC(C)Oc1ccc(Cl)cc1C(=O)NCc1nc(C(=O)O)cs1. The first-order chi connectivity index (χ1) is 10.9. The van der Waals surface area contributed by atoms with Crippen molar-refractivity contribution < 1.29 is 19.4 Å². The molecule has 0 saturated heterocycles. The number of nitrogens with zero attached hydrogens (tertiary/aromatic N) is 1. The second-order valence-corrected chi connectivity index (χ2v) is 6.30. The molecule has 0 spiro atoms. The second kappa shape index (κ2) is 7.43. The molecule has 0 fully saturated rings. The maximum absolute atomic E-state index is 12.3. The molecule has 1 heterocycles. The molecule has 23 heavy (non-hydrogen) atoms. The Morgan fingerprint density at radius 3 is 2.78 bits per heavy atom. The summed E-state index contributed by atoms with van der Waals surface area (Å²) in [6, 6.07) is 4.82. The van der Waals surface area contributed by atoms with Gasteiger partial charge in [0.2, 0.25) is 0 Å². The van der Waals surface area contributed by atoms with E-state index < -0.39 is 5.97 Å². The molecular formula is C15H15ClN2O4S. The van der Waals surface area contributed by atoms with E-state index in [0.29, 0.717) is 21.3 Å². The van der Waals surface area contributed by atoms with Crippen LogP contribution in [0.4, 0.5) is 0 Å². The number of benzene rings is 1. The Morgan fingerprint density at radius 1 is 1.43 bits per heavy atom. The second-order valence-electron chi connectivity index (χ2n) is 4.92. The third-order valence-corrected chi connectivity index (χ3v) is 3.80. The molecule has 8 heteroatoms. The molecule has 0 radical (unpaired) electrons. The Morgan fingerprint density at radius 2 is 2.17 bits per heavy atom. The lowest BCUT2D eigenvalue weighted by atomic mass is 10.2. The molecule has 0 bridgehead atoms. The number of hydrogen-bond acceptors (Lipinski definition) is 5. The highest BCUT2D eigenvalue weighted by Crippen LogP contribution is 2.24. The lowest BCUT2D eigenvalue weighted by Gasteiger charge is -2.14. The lowest BCUT2D eigenvalue weighted by molar-refractivity contribution is 0.0691. The number of aromatic carboxylic acids is 1. The van der Waals surface area contributed by atoms with Crippen LogP contribution in [-0.4, -0.2) is 28.1 Å². The summed E-state index contributed by atoms with van der Waals surface area (Å²) in [6.45, 7) is 3.85. The van der Waals surface area contributed by atoms with Crippen molar-refractivity contribution in [2.75, 3.05) is 0 Å². The minimum absolute atomic E-state index is 0.0363. The van der Waals surface area contributed by atoms with Gasteiger partial charge in [-0.3, -0.25) is 4.79 Å². The number of carbonyl (C=O) groups is 2. The van der Waals surface area contributed by atoms with Gasteiger partial charge in [0, 0.05) is 10.4 Å². The summed E-state index contributed by atoms with van der Waals surface area (Å²) < 4.78 is 5.60. The van der Waals surface area contributed by atoms with Gasteiger partial charge >= 0.3 is 5.97 Å². The van der Waals surface area contributed by atoms with E-state index in [1.54, 1.807) is 12.1 Å². The molecule has 0 aliphatic carbocycles. The van der Waals surface area contributed by atoms with Crippen LogP contribution in [0.25, 0.3) is 0 Å². The maximum atomic E-state index is 12.3. The molecule has 1 aromatic carbocycles. The van der Waals surface area contributed by atoms with Crippen molar-refractivity contribution in [1.82, 2.24) is 10.3 Å². The summed E-state index contributed by atoms with van der Waals surface area (Å²) >= 11 is 7.11. The average Bonchev–Trinajstić information content (AvgIpc) is 2.95. The molecule has 2 rings (SSSR count). The van der Waals surface area contributed by atoms with Gasteiger partial charge in [-0.05, 0) is 32.0 Å². The van der Waals surface area contributed by atoms with Crippen LogP contribution in [0.2, 0.25) is 5.02 Å². The van der Waals surface area contributed by atoms with Crippen molar-refractivity contribution in [2.24, 2.45) is 0 Å². The quantitative estimate of drug-likeness (QED) is 0.831. The summed E-state index contributed by atoms with van der Waals surface area (Å²) in [5.74, 6) is -1.02. The van der Waals surface area contributed by atoms with Crippen LogP contribution in [0.1, 0.15) is 39.7 Å². The van der Waals surface area contributed by atoms with Crippen LogP contribution in [0, 0.1) is 0 Å². The number of carboxylic acids is 1. The van der Waals surface area contributed by atoms with Gasteiger partial charge in [-0.1, -0.05) is 11.6 Å². The number of thiazole rings is 1. The fourth-order valence-electron chi connectivity index (χ4n) is 1.78. The number of hydrogen-bond donors (Lipinski definition) is 2. The number of halogens is 1. The van der Waals surface area contributed by atoms with E-state index in [1.165, 1.54) is 22.8 Å². The number of amides is 1. The van der Waals surface area contributed by atoms with Crippen LogP contribution < -0.4 is 10.1 Å². The Balaban J connectivity index is 2.10. The van der Waals surface area contributed by atoms with Crippen molar-refractivity contribution in [1.29, 1.82) is 0 Å². The number of aromatic nitrogens is 1. The minimum Gasteiger partial charge on any atom is -0.490 e. The first kappa shape index (κ1) is 17.2. The maximum Gasteiger partial charge on any atom is 0.355 e. The number of ether oxygens (including phenoxy) is 1. The number of rotatable bonds is 6. The molecule has 0 aliphatic rings. The normalized spacial score (nSPS) is 10.6. The third kappa shape index (κ3) is 4.67. The van der Waals surface area contributed by atoms with Gasteiger partial charge in [-0.15, -0.1) is 11.3 Å². The van der Waals surface area contributed by atoms with Crippen molar-refractivity contribution in [3.63, 3.8) is 0 Å². The van der Waals surface area contributed by atoms with Gasteiger partial charge in [-0.2, -0.15) is 0 Å². The number of carbonyl (C=O) groups excluding carboxylic acids is 1. The van der Waals surface area contributed by atoms with Crippen LogP contribution >= 0.6 is 22.9 Å². The van der Waals surface area contributed by atoms with Gasteiger partial charge in [0.1, 0.15) is 10.8 Å². The summed E-state index contributed by atoms with van der Waals surface area (Å²) in [4.78, 5) is 27.0. The largest absolute Gasteiger partial charge is 0.490 e. The Hall–Kier alpha value is -2.12. The van der Waals surface area contributed by atoms with E-state index in [9.17, 15) is 9.59 Å². The zero-order chi connectivity index (χ0) is 17.0. The summed E-state index contributed by atoms with van der Waals surface area (Å²) in [6.07, 6.45) is -0.0835. The zero-order valence-corrected chi connectivity index (χ0v) is 14.1. The average molecular weight is 355 g/mol. The van der Waals surface area contributed by atoms with Gasteiger partial charge in [0.25, 0.3) is 5.91 Å². The van der Waals surface area contributed by atoms with E-state index in [-0.39, 0.29) is 24.2 Å². The smallest absolute Gasteiger partial charge is 0.355 e. The highest BCUT2D eigenvalue weighted by molar-refractivity contribution is 7.09. The molecule has 6 nitrogen and oxygen atoms in total. The molecule has 2 aromatic rings. The molecule has 122 valence electrons. The zero-order valence-electron chi connectivity index (χ0n) is 12.5. The molecule has 0 atom stereocenters. The van der Waals surface area contributed by atoms with Crippen LogP contribution in [-0.2, 0) is 6.54 Å². The Bertz CT molecular complexity index is 730. The topological polar surface area (TPSA) is 88.5 Å². The van der Waals surface area contributed by atoms with Gasteiger partial charge in [-0.25, -0.2) is 9.78 Å². The van der Waals surface area contributed by atoms with Crippen LogP contribution in [0.15, 0.2) is 23.6 Å². The van der Waals surface area contributed by atoms with Crippen molar-refractivity contribution in [3.05, 3.63) is 44.9 Å². The first-order valence-corrected chi connectivity index (χ1v) is 8.04. The first-order valence-electron chi connectivity index (χ1n) is 6.79. The predicted octanol–water partition coefficient (Wildman–Crippen LogP) is 3.21. The minimum atomic E-state index is -1.10. The van der Waals surface area contributed by atoms with Crippen LogP contribution in [0.3, 0.4) is 0 Å². The molecule has 1 amide bonds. The van der Waals surface area contributed by atoms with E-state index in [2.05, 4.69) is 10.3 Å².